The number of nitrogens with one attached hydrogen (secondary N) is 2. The van der Waals surface area contributed by atoms with Gasteiger partial charge in [-0.2, -0.15) is 0 Å². The van der Waals surface area contributed by atoms with Gasteiger partial charge in [-0.3, -0.25) is 4.79 Å². The zero-order valence-electron chi connectivity index (χ0n) is 10.3. The lowest BCUT2D eigenvalue weighted by Crippen LogP contribution is -2.40. The molecule has 1 saturated heterocycles. The lowest BCUT2D eigenvalue weighted by Gasteiger charge is -2.21. The van der Waals surface area contributed by atoms with E-state index in [2.05, 4.69) is 26.6 Å². The van der Waals surface area contributed by atoms with Crippen molar-refractivity contribution in [3.05, 3.63) is 34.3 Å². The van der Waals surface area contributed by atoms with Crippen LogP contribution in [0.1, 0.15) is 18.9 Å². The highest BCUT2D eigenvalue weighted by Crippen LogP contribution is 2.25. The molecule has 1 heterocycles. The van der Waals surface area contributed by atoms with Gasteiger partial charge in [-0.25, -0.2) is 0 Å². The van der Waals surface area contributed by atoms with E-state index in [9.17, 15) is 4.79 Å². The molecule has 1 unspecified atom stereocenters. The lowest BCUT2D eigenvalue weighted by molar-refractivity contribution is -0.129. The Bertz CT molecular complexity index is 419. The molecule has 0 aliphatic carbocycles. The van der Waals surface area contributed by atoms with Crippen LogP contribution in [0.5, 0.6) is 0 Å². The van der Waals surface area contributed by atoms with Crippen LogP contribution in [-0.4, -0.2) is 19.0 Å². The van der Waals surface area contributed by atoms with Crippen LogP contribution in [0.25, 0.3) is 0 Å². The number of carbonyl (C=O) groups excluding carboxylic acids is 1. The number of benzene rings is 1. The van der Waals surface area contributed by atoms with Gasteiger partial charge >= 0.3 is 0 Å². The van der Waals surface area contributed by atoms with Crippen molar-refractivity contribution >= 4 is 34.2 Å². The van der Waals surface area contributed by atoms with Gasteiger partial charge in [0.1, 0.15) is 0 Å². The molecule has 1 aliphatic rings. The van der Waals surface area contributed by atoms with Gasteiger partial charge in [0.05, 0.1) is 5.41 Å². The molecule has 0 saturated carbocycles. The summed E-state index contributed by atoms with van der Waals surface area (Å²) < 4.78 is 1.04. The van der Waals surface area contributed by atoms with Crippen LogP contribution in [0.15, 0.2) is 28.7 Å². The molecule has 0 spiro atoms. The van der Waals surface area contributed by atoms with Crippen LogP contribution >= 0.6 is 28.3 Å². The van der Waals surface area contributed by atoms with E-state index in [0.717, 1.165) is 29.5 Å². The summed E-state index contributed by atoms with van der Waals surface area (Å²) in [7, 11) is 0. The molecule has 5 heteroatoms. The highest BCUT2D eigenvalue weighted by molar-refractivity contribution is 9.10. The van der Waals surface area contributed by atoms with Crippen LogP contribution in [0, 0.1) is 5.41 Å². The molecule has 0 radical (unpaired) electrons. The van der Waals surface area contributed by atoms with Gasteiger partial charge < -0.3 is 10.6 Å². The molecule has 18 heavy (non-hydrogen) atoms. The van der Waals surface area contributed by atoms with E-state index in [1.807, 2.05) is 31.2 Å². The highest BCUT2D eigenvalue weighted by Gasteiger charge is 2.35. The fourth-order valence-corrected chi connectivity index (χ4v) is 2.47. The number of halogens is 2. The first-order chi connectivity index (χ1) is 8.12. The first kappa shape index (κ1) is 15.5. The Morgan fingerprint density at radius 1 is 1.50 bits per heavy atom. The minimum absolute atomic E-state index is 0. The van der Waals surface area contributed by atoms with E-state index in [0.29, 0.717) is 6.54 Å². The van der Waals surface area contributed by atoms with Gasteiger partial charge in [-0.1, -0.05) is 34.1 Å². The normalized spacial score (nSPS) is 22.3. The Balaban J connectivity index is 0.00000162. The molecule has 3 nitrogen and oxygen atoms in total. The molecular formula is C13H18BrClN2O. The van der Waals surface area contributed by atoms with E-state index in [1.165, 1.54) is 0 Å². The van der Waals surface area contributed by atoms with E-state index in [4.69, 9.17) is 0 Å². The molecule has 2 rings (SSSR count). The number of hydrogen-bond donors (Lipinski definition) is 2. The summed E-state index contributed by atoms with van der Waals surface area (Å²) in [5.74, 6) is 0.137. The van der Waals surface area contributed by atoms with E-state index < -0.39 is 0 Å². The number of carbonyl (C=O) groups is 1. The first-order valence-electron chi connectivity index (χ1n) is 5.84. The van der Waals surface area contributed by atoms with Gasteiger partial charge in [-0.15, -0.1) is 12.4 Å². The van der Waals surface area contributed by atoms with E-state index in [-0.39, 0.29) is 23.7 Å². The van der Waals surface area contributed by atoms with Crippen molar-refractivity contribution < 1.29 is 4.79 Å². The summed E-state index contributed by atoms with van der Waals surface area (Å²) >= 11 is 3.48. The summed E-state index contributed by atoms with van der Waals surface area (Å²) in [5, 5.41) is 6.25. The number of hydrogen-bond acceptors (Lipinski definition) is 2. The molecule has 1 aromatic rings. The fourth-order valence-electron chi connectivity index (χ4n) is 2.04. The van der Waals surface area contributed by atoms with Crippen molar-refractivity contribution in [2.75, 3.05) is 13.1 Å². The predicted octanol–water partition coefficient (Wildman–Crippen LogP) is 2.49. The molecule has 2 N–H and O–H groups in total. The summed E-state index contributed by atoms with van der Waals surface area (Å²) in [4.78, 5) is 12.1. The standard InChI is InChI=1S/C13H17BrN2O.ClH/c1-13(6-7-15-9-13)12(17)16-8-10-4-2-3-5-11(10)14;/h2-5,15H,6-9H2,1H3,(H,16,17);1H. The third kappa shape index (κ3) is 3.46. The van der Waals surface area contributed by atoms with Crippen LogP contribution in [0.2, 0.25) is 0 Å². The molecule has 1 atom stereocenters. The van der Waals surface area contributed by atoms with Gasteiger partial charge in [-0.05, 0) is 31.5 Å². The smallest absolute Gasteiger partial charge is 0.227 e. The van der Waals surface area contributed by atoms with Crippen LogP contribution in [0.4, 0.5) is 0 Å². The SMILES string of the molecule is CC1(C(=O)NCc2ccccc2Br)CCNC1.Cl. The Hall–Kier alpha value is -0.580. The van der Waals surface area contributed by atoms with Crippen molar-refractivity contribution in [3.8, 4) is 0 Å². The van der Waals surface area contributed by atoms with Gasteiger partial charge in [0.25, 0.3) is 0 Å². The van der Waals surface area contributed by atoms with E-state index in [1.54, 1.807) is 0 Å². The minimum Gasteiger partial charge on any atom is -0.351 e. The molecule has 1 amide bonds. The molecule has 1 aromatic carbocycles. The maximum Gasteiger partial charge on any atom is 0.227 e. The average Bonchev–Trinajstić information content (AvgIpc) is 2.76. The quantitative estimate of drug-likeness (QED) is 0.892. The molecular weight excluding hydrogens is 316 g/mol. The largest absolute Gasteiger partial charge is 0.351 e. The number of rotatable bonds is 3. The third-order valence-electron chi connectivity index (χ3n) is 3.31. The molecule has 0 bridgehead atoms. The van der Waals surface area contributed by atoms with Gasteiger partial charge in [0.2, 0.25) is 5.91 Å². The van der Waals surface area contributed by atoms with Crippen molar-refractivity contribution in [3.63, 3.8) is 0 Å². The van der Waals surface area contributed by atoms with Crippen LogP contribution in [0.3, 0.4) is 0 Å². The molecule has 1 aliphatic heterocycles. The number of amides is 1. The maximum absolute atomic E-state index is 12.1. The van der Waals surface area contributed by atoms with Crippen LogP contribution in [-0.2, 0) is 11.3 Å². The summed E-state index contributed by atoms with van der Waals surface area (Å²) in [6.45, 7) is 4.30. The monoisotopic (exact) mass is 332 g/mol. The van der Waals surface area contributed by atoms with Crippen molar-refractivity contribution in [1.29, 1.82) is 0 Å². The predicted molar refractivity (Wildman–Crippen MR) is 78.8 cm³/mol. The second kappa shape index (κ2) is 6.55. The lowest BCUT2D eigenvalue weighted by atomic mass is 9.89. The molecule has 0 aromatic heterocycles. The van der Waals surface area contributed by atoms with Crippen molar-refractivity contribution in [2.45, 2.75) is 19.9 Å². The fraction of sp³-hybridized carbons (Fsp3) is 0.462. The summed E-state index contributed by atoms with van der Waals surface area (Å²) in [5.41, 5.74) is 0.858. The summed E-state index contributed by atoms with van der Waals surface area (Å²) in [6, 6.07) is 7.95. The van der Waals surface area contributed by atoms with Gasteiger partial charge in [0, 0.05) is 17.6 Å². The van der Waals surface area contributed by atoms with Crippen LogP contribution < -0.4 is 10.6 Å². The van der Waals surface area contributed by atoms with Crippen molar-refractivity contribution in [2.24, 2.45) is 5.41 Å². The van der Waals surface area contributed by atoms with Crippen molar-refractivity contribution in [1.82, 2.24) is 10.6 Å². The zero-order chi connectivity index (χ0) is 12.3. The Labute approximate surface area is 122 Å². The van der Waals surface area contributed by atoms with Gasteiger partial charge in [0.15, 0.2) is 0 Å². The average molecular weight is 334 g/mol. The van der Waals surface area contributed by atoms with E-state index >= 15 is 0 Å². The Kier molecular flexibility index (Phi) is 5.63. The topological polar surface area (TPSA) is 41.1 Å². The summed E-state index contributed by atoms with van der Waals surface area (Å²) in [6.07, 6.45) is 0.912. The maximum atomic E-state index is 12.1. The second-order valence-corrected chi connectivity index (χ2v) is 5.62. The minimum atomic E-state index is -0.249. The molecule has 1 fully saturated rings. The zero-order valence-corrected chi connectivity index (χ0v) is 12.7. The first-order valence-corrected chi connectivity index (χ1v) is 6.63. The highest BCUT2D eigenvalue weighted by atomic mass is 79.9. The third-order valence-corrected chi connectivity index (χ3v) is 4.09. The molecule has 100 valence electrons. The Morgan fingerprint density at radius 3 is 2.83 bits per heavy atom. The second-order valence-electron chi connectivity index (χ2n) is 4.76. The Morgan fingerprint density at radius 2 is 2.22 bits per heavy atom.